The van der Waals surface area contributed by atoms with Crippen LogP contribution in [-0.2, 0) is 27.8 Å². The molecule has 12 nitrogen and oxygen atoms in total. The number of hydrogen-bond donors (Lipinski definition) is 2. The molecule has 2 aromatic carbocycles. The summed E-state index contributed by atoms with van der Waals surface area (Å²) in [5.41, 5.74) is 1.26. The Morgan fingerprint density at radius 3 is 2.42 bits per heavy atom. The number of nitrogens with one attached hydrogen (secondary N) is 1. The first-order chi connectivity index (χ1) is 20.4. The molecule has 0 bridgehead atoms. The lowest BCUT2D eigenvalue weighted by molar-refractivity contribution is 0.0297. The minimum Gasteiger partial charge on any atom is -0.493 e. The molecule has 2 N–H and O–H groups in total. The van der Waals surface area contributed by atoms with Crippen molar-refractivity contribution in [3.05, 3.63) is 66.1 Å². The number of anilines is 2. The molecule has 0 spiro atoms. The molecule has 0 radical (unpaired) electrons. The zero-order valence-electron chi connectivity index (χ0n) is 25.1. The van der Waals surface area contributed by atoms with Crippen molar-refractivity contribution in [1.82, 2.24) is 18.8 Å². The van der Waals surface area contributed by atoms with E-state index in [1.165, 1.54) is 37.6 Å². The maximum absolute atomic E-state index is 13.7. The number of amides is 1. The number of carbonyl (C=O) groups excluding carboxylic acids is 1. The number of rotatable bonds is 11. The van der Waals surface area contributed by atoms with Gasteiger partial charge in [-0.05, 0) is 57.4 Å². The molecule has 0 unspecified atom stereocenters. The predicted molar refractivity (Wildman–Crippen MR) is 162 cm³/mol. The average Bonchev–Trinajstić information content (AvgIpc) is 3.36. The third-order valence-electron chi connectivity index (χ3n) is 6.56. The van der Waals surface area contributed by atoms with E-state index in [1.807, 2.05) is 0 Å². The van der Waals surface area contributed by atoms with Gasteiger partial charge in [0.2, 0.25) is 0 Å². The van der Waals surface area contributed by atoms with Crippen LogP contribution in [0.1, 0.15) is 38.3 Å². The molecule has 13 heteroatoms. The van der Waals surface area contributed by atoms with Gasteiger partial charge in [0, 0.05) is 37.1 Å². The summed E-state index contributed by atoms with van der Waals surface area (Å²) in [5, 5.41) is 13.7. The van der Waals surface area contributed by atoms with Crippen molar-refractivity contribution >= 4 is 38.7 Å². The van der Waals surface area contributed by atoms with Crippen molar-refractivity contribution in [3.8, 4) is 11.5 Å². The van der Waals surface area contributed by atoms with Gasteiger partial charge in [-0.1, -0.05) is 18.2 Å². The van der Waals surface area contributed by atoms with Crippen molar-refractivity contribution in [2.75, 3.05) is 33.1 Å². The van der Waals surface area contributed by atoms with Crippen LogP contribution in [-0.4, -0.2) is 71.9 Å². The molecule has 0 aliphatic heterocycles. The summed E-state index contributed by atoms with van der Waals surface area (Å²) < 4.78 is 44.9. The molecular weight excluding hydrogens is 574 g/mol. The lowest BCUT2D eigenvalue weighted by Gasteiger charge is -2.24. The Labute approximate surface area is 251 Å². The number of fused-ring (bicyclic) bond motifs is 1. The SMILES string of the molecule is COc1cc(Nc2ncnc3c2c(CCCN(C)C(=O)OC(C)(C)C)cn3S(=O)(=O)c2ccccc2)cc(CO)c1OC. The number of hydrogen-bond acceptors (Lipinski definition) is 10. The van der Waals surface area contributed by atoms with E-state index in [9.17, 15) is 18.3 Å². The maximum Gasteiger partial charge on any atom is 0.410 e. The molecule has 4 rings (SSSR count). The van der Waals surface area contributed by atoms with Crippen LogP contribution in [0, 0.1) is 0 Å². The molecular formula is C30H37N5O7S. The molecule has 0 atom stereocenters. The highest BCUT2D eigenvalue weighted by Crippen LogP contribution is 2.37. The first-order valence-corrected chi connectivity index (χ1v) is 15.1. The van der Waals surface area contributed by atoms with Crippen LogP contribution in [0.4, 0.5) is 16.3 Å². The number of aliphatic hydroxyl groups excluding tert-OH is 1. The largest absolute Gasteiger partial charge is 0.493 e. The van der Waals surface area contributed by atoms with Crippen LogP contribution in [0.15, 0.2) is 59.9 Å². The first kappa shape index (κ1) is 31.6. The second-order valence-electron chi connectivity index (χ2n) is 10.8. The molecule has 0 aliphatic rings. The third-order valence-corrected chi connectivity index (χ3v) is 8.23. The Kier molecular flexibility index (Phi) is 9.46. The molecule has 0 saturated heterocycles. The summed E-state index contributed by atoms with van der Waals surface area (Å²) in [5.74, 6) is 1.16. The van der Waals surface area contributed by atoms with Crippen LogP contribution in [0.25, 0.3) is 11.0 Å². The number of methoxy groups -OCH3 is 2. The second kappa shape index (κ2) is 12.9. The quantitative estimate of drug-likeness (QED) is 0.244. The second-order valence-corrected chi connectivity index (χ2v) is 12.7. The molecule has 43 heavy (non-hydrogen) atoms. The monoisotopic (exact) mass is 611 g/mol. The van der Waals surface area contributed by atoms with Crippen molar-refractivity contribution in [3.63, 3.8) is 0 Å². The predicted octanol–water partition coefficient (Wildman–Crippen LogP) is 4.72. The summed E-state index contributed by atoms with van der Waals surface area (Å²) >= 11 is 0. The van der Waals surface area contributed by atoms with E-state index >= 15 is 0 Å². The van der Waals surface area contributed by atoms with Crippen molar-refractivity contribution < 1.29 is 32.5 Å². The summed E-state index contributed by atoms with van der Waals surface area (Å²) in [6.45, 7) is 5.49. The van der Waals surface area contributed by atoms with Crippen molar-refractivity contribution in [2.45, 2.75) is 50.7 Å². The standard InChI is InChI=1S/C30H37N5O7S/c1-30(2,3)42-29(37)34(4)14-10-11-20-17-35(43(38,39)23-12-8-7-9-13-23)28-25(20)27(31-19-32-28)33-22-15-21(18-36)26(41-6)24(16-22)40-5/h7-9,12-13,15-17,19,36H,10-11,14,18H2,1-6H3,(H,31,32,33). The Hall–Kier alpha value is -4.36. The Morgan fingerprint density at radius 2 is 1.79 bits per heavy atom. The van der Waals surface area contributed by atoms with Gasteiger partial charge >= 0.3 is 6.09 Å². The Balaban J connectivity index is 1.76. The Morgan fingerprint density at radius 1 is 1.07 bits per heavy atom. The van der Waals surface area contributed by atoms with E-state index in [-0.39, 0.29) is 17.1 Å². The topological polar surface area (TPSA) is 145 Å². The van der Waals surface area contributed by atoms with E-state index in [4.69, 9.17) is 14.2 Å². The molecule has 0 fully saturated rings. The van der Waals surface area contributed by atoms with Crippen LogP contribution in [0.5, 0.6) is 11.5 Å². The van der Waals surface area contributed by atoms with Gasteiger partial charge < -0.3 is 29.5 Å². The zero-order chi connectivity index (χ0) is 31.4. The van der Waals surface area contributed by atoms with Crippen molar-refractivity contribution in [2.24, 2.45) is 0 Å². The molecule has 2 aromatic heterocycles. The van der Waals surface area contributed by atoms with Gasteiger partial charge in [0.05, 0.1) is 31.1 Å². The number of ether oxygens (including phenoxy) is 3. The van der Waals surface area contributed by atoms with Gasteiger partial charge in [-0.15, -0.1) is 0 Å². The minimum absolute atomic E-state index is 0.115. The van der Waals surface area contributed by atoms with Gasteiger partial charge in [-0.3, -0.25) is 0 Å². The summed E-state index contributed by atoms with van der Waals surface area (Å²) in [7, 11) is 0.640. The smallest absolute Gasteiger partial charge is 0.410 e. The van der Waals surface area contributed by atoms with E-state index in [0.29, 0.717) is 58.9 Å². The maximum atomic E-state index is 13.7. The summed E-state index contributed by atoms with van der Waals surface area (Å²) in [4.78, 5) is 22.9. The van der Waals surface area contributed by atoms with E-state index in [0.717, 1.165) is 3.97 Å². The molecule has 0 aliphatic carbocycles. The van der Waals surface area contributed by atoms with Crippen LogP contribution in [0.2, 0.25) is 0 Å². The third kappa shape index (κ3) is 7.00. The highest BCUT2D eigenvalue weighted by molar-refractivity contribution is 7.90. The number of aryl methyl sites for hydroxylation is 1. The summed E-state index contributed by atoms with van der Waals surface area (Å²) in [6.07, 6.45) is 3.32. The van der Waals surface area contributed by atoms with E-state index in [1.54, 1.807) is 64.3 Å². The fourth-order valence-electron chi connectivity index (χ4n) is 4.59. The first-order valence-electron chi connectivity index (χ1n) is 13.6. The molecule has 0 saturated carbocycles. The molecule has 2 heterocycles. The highest BCUT2D eigenvalue weighted by atomic mass is 32.2. The molecule has 4 aromatic rings. The van der Waals surface area contributed by atoms with Gasteiger partial charge in [0.15, 0.2) is 17.1 Å². The van der Waals surface area contributed by atoms with Gasteiger partial charge in [0.1, 0.15) is 17.7 Å². The minimum atomic E-state index is -4.00. The molecule has 230 valence electrons. The number of aromatic nitrogens is 3. The van der Waals surface area contributed by atoms with Crippen LogP contribution in [0.3, 0.4) is 0 Å². The number of nitrogens with zero attached hydrogens (tertiary/aromatic N) is 4. The highest BCUT2D eigenvalue weighted by Gasteiger charge is 2.25. The summed E-state index contributed by atoms with van der Waals surface area (Å²) in [6, 6.07) is 11.5. The number of aliphatic hydroxyl groups is 1. The lowest BCUT2D eigenvalue weighted by Crippen LogP contribution is -2.34. The van der Waals surface area contributed by atoms with E-state index < -0.39 is 21.7 Å². The average molecular weight is 612 g/mol. The van der Waals surface area contributed by atoms with Gasteiger partial charge in [-0.25, -0.2) is 27.2 Å². The fourth-order valence-corrected chi connectivity index (χ4v) is 5.95. The normalized spacial score (nSPS) is 11.8. The fraction of sp³-hybridized carbons (Fsp3) is 0.367. The van der Waals surface area contributed by atoms with Gasteiger partial charge in [0.25, 0.3) is 10.0 Å². The zero-order valence-corrected chi connectivity index (χ0v) is 25.9. The van der Waals surface area contributed by atoms with E-state index in [2.05, 4.69) is 15.3 Å². The van der Waals surface area contributed by atoms with Crippen LogP contribution < -0.4 is 14.8 Å². The van der Waals surface area contributed by atoms with Crippen LogP contribution >= 0.6 is 0 Å². The Bertz CT molecular complexity index is 1670. The number of carbonyl (C=O) groups is 1. The van der Waals surface area contributed by atoms with Gasteiger partial charge in [-0.2, -0.15) is 0 Å². The number of benzene rings is 2. The van der Waals surface area contributed by atoms with Crippen molar-refractivity contribution in [1.29, 1.82) is 0 Å². The lowest BCUT2D eigenvalue weighted by atomic mass is 10.1. The molecule has 1 amide bonds.